The molecule has 0 amide bonds. The summed E-state index contributed by atoms with van der Waals surface area (Å²) in [5.41, 5.74) is 2.76. The van der Waals surface area contributed by atoms with E-state index in [0.717, 1.165) is 41.2 Å². The van der Waals surface area contributed by atoms with E-state index in [0.29, 0.717) is 16.6 Å². The first-order valence-corrected chi connectivity index (χ1v) is 8.68. The van der Waals surface area contributed by atoms with Gasteiger partial charge < -0.3 is 0 Å². The van der Waals surface area contributed by atoms with Gasteiger partial charge in [0.05, 0.1) is 12.2 Å². The van der Waals surface area contributed by atoms with Gasteiger partial charge in [0.1, 0.15) is 0 Å². The molecule has 3 nitrogen and oxygen atoms in total. The third kappa shape index (κ3) is 2.85. The van der Waals surface area contributed by atoms with E-state index in [-0.39, 0.29) is 5.56 Å². The average Bonchev–Trinajstić information content (AvgIpc) is 2.92. The van der Waals surface area contributed by atoms with Crippen LogP contribution in [0, 0.1) is 0 Å². The van der Waals surface area contributed by atoms with Crippen LogP contribution >= 0.6 is 35.0 Å². The fourth-order valence-corrected chi connectivity index (χ4v) is 3.66. The Bertz CT molecular complexity index is 758. The molecule has 1 aromatic carbocycles. The number of hydrogen-bond donors (Lipinski definition) is 0. The van der Waals surface area contributed by atoms with Crippen molar-refractivity contribution in [3.63, 3.8) is 0 Å². The molecule has 1 heterocycles. The number of nitrogens with zero attached hydrogens (tertiary/aromatic N) is 2. The average molecular weight is 341 g/mol. The summed E-state index contributed by atoms with van der Waals surface area (Å²) in [5, 5.41) is 1.90. The number of hydrogen-bond acceptors (Lipinski definition) is 3. The fourth-order valence-electron chi connectivity index (χ4n) is 2.62. The third-order valence-electron chi connectivity index (χ3n) is 3.68. The summed E-state index contributed by atoms with van der Waals surface area (Å²) in [6.45, 7) is 0.422. The van der Waals surface area contributed by atoms with Crippen LogP contribution < -0.4 is 5.56 Å². The van der Waals surface area contributed by atoms with Crippen LogP contribution in [0.25, 0.3) is 0 Å². The van der Waals surface area contributed by atoms with Gasteiger partial charge in [0, 0.05) is 15.6 Å². The lowest BCUT2D eigenvalue weighted by atomic mass is 10.2. The standard InChI is InChI=1S/C15H14Cl2N2OS/c1-21-15-18-13-4-2-3-11(13)14(20)19(15)8-9-5-6-10(16)7-12(9)17/h5-7H,2-4,8H2,1H3. The van der Waals surface area contributed by atoms with Gasteiger partial charge in [0.2, 0.25) is 0 Å². The fraction of sp³-hybridized carbons (Fsp3) is 0.333. The molecule has 0 atom stereocenters. The maximum absolute atomic E-state index is 12.7. The van der Waals surface area contributed by atoms with Crippen molar-refractivity contribution in [2.24, 2.45) is 0 Å². The van der Waals surface area contributed by atoms with Crippen molar-refractivity contribution in [3.8, 4) is 0 Å². The number of thioether (sulfide) groups is 1. The van der Waals surface area contributed by atoms with Crippen LogP contribution in [0.2, 0.25) is 10.0 Å². The van der Waals surface area contributed by atoms with Crippen molar-refractivity contribution in [1.82, 2.24) is 9.55 Å². The molecule has 0 aliphatic heterocycles. The zero-order chi connectivity index (χ0) is 15.0. The van der Waals surface area contributed by atoms with Crippen molar-refractivity contribution in [3.05, 3.63) is 55.4 Å². The van der Waals surface area contributed by atoms with Gasteiger partial charge in [-0.25, -0.2) is 4.98 Å². The topological polar surface area (TPSA) is 34.9 Å². The molecule has 0 saturated heterocycles. The van der Waals surface area contributed by atoms with Gasteiger partial charge in [-0.15, -0.1) is 0 Å². The van der Waals surface area contributed by atoms with Crippen LogP contribution in [0.5, 0.6) is 0 Å². The Kier molecular flexibility index (Phi) is 4.29. The zero-order valence-electron chi connectivity index (χ0n) is 11.5. The Morgan fingerprint density at radius 3 is 2.86 bits per heavy atom. The highest BCUT2D eigenvalue weighted by atomic mass is 35.5. The number of rotatable bonds is 3. The van der Waals surface area contributed by atoms with Crippen LogP contribution in [0.1, 0.15) is 23.2 Å². The summed E-state index contributed by atoms with van der Waals surface area (Å²) in [6.07, 6.45) is 4.67. The first-order valence-electron chi connectivity index (χ1n) is 6.70. The van der Waals surface area contributed by atoms with Crippen LogP contribution in [0.4, 0.5) is 0 Å². The maximum Gasteiger partial charge on any atom is 0.257 e. The minimum Gasteiger partial charge on any atom is -0.283 e. The summed E-state index contributed by atoms with van der Waals surface area (Å²) in [6, 6.07) is 5.34. The number of aryl methyl sites for hydroxylation is 1. The van der Waals surface area contributed by atoms with Crippen LogP contribution in [0.3, 0.4) is 0 Å². The van der Waals surface area contributed by atoms with E-state index in [4.69, 9.17) is 23.2 Å². The molecule has 0 N–H and O–H groups in total. The largest absolute Gasteiger partial charge is 0.283 e. The Hall–Kier alpha value is -0.970. The molecule has 110 valence electrons. The highest BCUT2D eigenvalue weighted by molar-refractivity contribution is 7.98. The molecule has 1 aliphatic carbocycles. The van der Waals surface area contributed by atoms with Gasteiger partial charge in [-0.1, -0.05) is 41.0 Å². The van der Waals surface area contributed by atoms with E-state index in [1.165, 1.54) is 11.8 Å². The predicted molar refractivity (Wildman–Crippen MR) is 87.9 cm³/mol. The lowest BCUT2D eigenvalue weighted by Crippen LogP contribution is -2.27. The molecule has 0 bridgehead atoms. The van der Waals surface area contributed by atoms with Crippen LogP contribution in [-0.4, -0.2) is 15.8 Å². The summed E-state index contributed by atoms with van der Waals surface area (Å²) in [4.78, 5) is 17.3. The molecule has 0 unspecified atom stereocenters. The Morgan fingerprint density at radius 2 is 2.14 bits per heavy atom. The molecule has 2 aromatic rings. The lowest BCUT2D eigenvalue weighted by molar-refractivity contribution is 0.632. The lowest BCUT2D eigenvalue weighted by Gasteiger charge is -2.13. The van der Waals surface area contributed by atoms with Crippen molar-refractivity contribution >= 4 is 35.0 Å². The zero-order valence-corrected chi connectivity index (χ0v) is 13.9. The summed E-state index contributed by atoms with van der Waals surface area (Å²) in [5.74, 6) is 0. The van der Waals surface area contributed by atoms with Crippen molar-refractivity contribution in [2.75, 3.05) is 6.26 Å². The van der Waals surface area contributed by atoms with Crippen LogP contribution in [-0.2, 0) is 19.4 Å². The number of fused-ring (bicyclic) bond motifs is 1. The summed E-state index contributed by atoms with van der Waals surface area (Å²) < 4.78 is 1.71. The SMILES string of the molecule is CSc1nc2c(c(=O)n1Cc1ccc(Cl)cc1Cl)CCC2. The van der Waals surface area contributed by atoms with Gasteiger partial charge in [0.15, 0.2) is 5.16 Å². The third-order valence-corrected chi connectivity index (χ3v) is 4.94. The first kappa shape index (κ1) is 14.9. The second kappa shape index (κ2) is 6.03. The number of halogens is 2. The highest BCUT2D eigenvalue weighted by Crippen LogP contribution is 2.24. The van der Waals surface area contributed by atoms with Crippen molar-refractivity contribution < 1.29 is 0 Å². The quantitative estimate of drug-likeness (QED) is 0.629. The van der Waals surface area contributed by atoms with Crippen LogP contribution in [0.15, 0.2) is 28.2 Å². The molecule has 1 aliphatic rings. The second-order valence-electron chi connectivity index (χ2n) is 5.00. The normalized spacial score (nSPS) is 13.5. The molecule has 0 saturated carbocycles. The molecule has 3 rings (SSSR count). The molecule has 0 spiro atoms. The van der Waals surface area contributed by atoms with Crippen molar-refractivity contribution in [2.45, 2.75) is 31.0 Å². The monoisotopic (exact) mass is 340 g/mol. The highest BCUT2D eigenvalue weighted by Gasteiger charge is 2.20. The Balaban J connectivity index is 2.08. The minimum absolute atomic E-state index is 0.0628. The van der Waals surface area contributed by atoms with Gasteiger partial charge in [-0.3, -0.25) is 9.36 Å². The van der Waals surface area contributed by atoms with Gasteiger partial charge in [0.25, 0.3) is 5.56 Å². The van der Waals surface area contributed by atoms with E-state index in [9.17, 15) is 4.79 Å². The predicted octanol–water partition coefficient (Wildman–Crippen LogP) is 3.81. The number of benzene rings is 1. The van der Waals surface area contributed by atoms with Gasteiger partial charge in [-0.2, -0.15) is 0 Å². The van der Waals surface area contributed by atoms with E-state index in [2.05, 4.69) is 4.98 Å². The summed E-state index contributed by atoms with van der Waals surface area (Å²) >= 11 is 13.6. The molecule has 6 heteroatoms. The Morgan fingerprint density at radius 1 is 1.33 bits per heavy atom. The molecule has 0 radical (unpaired) electrons. The van der Waals surface area contributed by atoms with Gasteiger partial charge >= 0.3 is 0 Å². The maximum atomic E-state index is 12.7. The van der Waals surface area contributed by atoms with E-state index < -0.39 is 0 Å². The molecule has 0 fully saturated rings. The smallest absolute Gasteiger partial charge is 0.257 e. The first-order chi connectivity index (χ1) is 10.1. The van der Waals surface area contributed by atoms with E-state index in [1.807, 2.05) is 12.3 Å². The van der Waals surface area contributed by atoms with E-state index >= 15 is 0 Å². The molecule has 1 aromatic heterocycles. The molecular weight excluding hydrogens is 327 g/mol. The minimum atomic E-state index is 0.0628. The molecule has 21 heavy (non-hydrogen) atoms. The number of aromatic nitrogens is 2. The van der Waals surface area contributed by atoms with Gasteiger partial charge in [-0.05, 0) is 43.2 Å². The summed E-state index contributed by atoms with van der Waals surface area (Å²) in [7, 11) is 0. The Labute approximate surface area is 137 Å². The van der Waals surface area contributed by atoms with Crippen molar-refractivity contribution in [1.29, 1.82) is 0 Å². The molecular formula is C15H14Cl2N2OS. The second-order valence-corrected chi connectivity index (χ2v) is 6.62. The van der Waals surface area contributed by atoms with E-state index in [1.54, 1.807) is 16.7 Å².